The highest BCUT2D eigenvalue weighted by molar-refractivity contribution is 5.90. The van der Waals surface area contributed by atoms with Gasteiger partial charge in [-0.1, -0.05) is 30.7 Å². The molecule has 1 atom stereocenters. The van der Waals surface area contributed by atoms with Crippen LogP contribution in [-0.4, -0.2) is 28.2 Å². The molecule has 1 aliphatic carbocycles. The number of fused-ring (bicyclic) bond motifs is 1. The summed E-state index contributed by atoms with van der Waals surface area (Å²) in [6, 6.07) is 7.87. The molecule has 120 valence electrons. The van der Waals surface area contributed by atoms with Crippen LogP contribution in [0.1, 0.15) is 20.3 Å². The first-order valence-corrected chi connectivity index (χ1v) is 7.93. The molecule has 0 amide bonds. The quantitative estimate of drug-likeness (QED) is 0.790. The fraction of sp³-hybridized carbons (Fsp3) is 0.333. The Balaban J connectivity index is 1.93. The Hall–Kier alpha value is -2.40. The van der Waals surface area contributed by atoms with Crippen molar-refractivity contribution in [1.82, 2.24) is 9.97 Å². The number of anilines is 2. The summed E-state index contributed by atoms with van der Waals surface area (Å²) in [4.78, 5) is 9.18. The molecule has 0 radical (unpaired) electrons. The molecule has 0 saturated heterocycles. The minimum absolute atomic E-state index is 0.0632. The highest BCUT2D eigenvalue weighted by atomic mass is 16.3. The van der Waals surface area contributed by atoms with E-state index in [1.54, 1.807) is 0 Å². The number of benzene rings is 1. The first-order chi connectivity index (χ1) is 11.2. The number of aromatic nitrogens is 2. The van der Waals surface area contributed by atoms with Crippen molar-refractivity contribution in [3.8, 4) is 0 Å². The molecule has 0 aliphatic heterocycles. The number of aliphatic hydroxyl groups is 1. The van der Waals surface area contributed by atoms with Crippen LogP contribution in [0.5, 0.6) is 0 Å². The summed E-state index contributed by atoms with van der Waals surface area (Å²) in [5.74, 6) is 1.83. The number of rotatable bonds is 5. The van der Waals surface area contributed by atoms with E-state index in [1.807, 2.05) is 24.3 Å². The fourth-order valence-corrected chi connectivity index (χ4v) is 2.91. The zero-order valence-electron chi connectivity index (χ0n) is 13.5. The van der Waals surface area contributed by atoms with E-state index in [4.69, 9.17) is 5.11 Å². The maximum atomic E-state index is 9.05. The molecule has 1 unspecified atom stereocenters. The molecule has 0 fully saturated rings. The van der Waals surface area contributed by atoms with E-state index in [0.717, 1.165) is 28.8 Å². The lowest BCUT2D eigenvalue weighted by molar-refractivity contribution is 0.311. The second-order valence-corrected chi connectivity index (χ2v) is 5.95. The molecule has 5 heteroatoms. The van der Waals surface area contributed by atoms with Gasteiger partial charge in [0.2, 0.25) is 5.95 Å². The number of allylic oxidation sites excluding steroid dienone is 4. The lowest BCUT2D eigenvalue weighted by Crippen LogP contribution is -2.12. The Morgan fingerprint density at radius 3 is 2.87 bits per heavy atom. The third-order valence-electron chi connectivity index (χ3n) is 3.77. The average molecular weight is 310 g/mol. The summed E-state index contributed by atoms with van der Waals surface area (Å²) in [5.41, 5.74) is 3.26. The predicted octanol–water partition coefficient (Wildman–Crippen LogP) is 3.32. The van der Waals surface area contributed by atoms with E-state index < -0.39 is 0 Å². The first-order valence-electron chi connectivity index (χ1n) is 7.93. The van der Waals surface area contributed by atoms with Gasteiger partial charge in [0.25, 0.3) is 0 Å². The van der Waals surface area contributed by atoms with Crippen molar-refractivity contribution in [2.45, 2.75) is 20.3 Å². The predicted molar refractivity (Wildman–Crippen MR) is 94.4 cm³/mol. The van der Waals surface area contributed by atoms with E-state index in [9.17, 15) is 0 Å². The van der Waals surface area contributed by atoms with Crippen LogP contribution in [0.3, 0.4) is 0 Å². The number of nitrogens with zero attached hydrogens (tertiary/aromatic N) is 2. The first kappa shape index (κ1) is 15.5. The van der Waals surface area contributed by atoms with Gasteiger partial charge in [-0.2, -0.15) is 4.98 Å². The van der Waals surface area contributed by atoms with Gasteiger partial charge in [0.05, 0.1) is 12.1 Å². The summed E-state index contributed by atoms with van der Waals surface area (Å²) in [7, 11) is 0. The smallest absolute Gasteiger partial charge is 0.229 e. The van der Waals surface area contributed by atoms with E-state index in [0.29, 0.717) is 18.4 Å². The van der Waals surface area contributed by atoms with Crippen LogP contribution in [0, 0.1) is 5.92 Å². The summed E-state index contributed by atoms with van der Waals surface area (Å²) in [6.07, 6.45) is 5.35. The number of aliphatic hydroxyl groups excluding tert-OH is 1. The molecule has 0 bridgehead atoms. The Morgan fingerprint density at radius 2 is 2.09 bits per heavy atom. The minimum atomic E-state index is 0.0632. The highest BCUT2D eigenvalue weighted by Gasteiger charge is 2.12. The van der Waals surface area contributed by atoms with Gasteiger partial charge in [0.1, 0.15) is 5.82 Å². The Labute approximate surface area is 136 Å². The number of para-hydroxylation sites is 1. The molecule has 3 N–H and O–H groups in total. The van der Waals surface area contributed by atoms with Crippen LogP contribution in [0.25, 0.3) is 10.9 Å². The molecular weight excluding hydrogens is 288 g/mol. The van der Waals surface area contributed by atoms with Crippen molar-refractivity contribution in [2.24, 2.45) is 5.92 Å². The van der Waals surface area contributed by atoms with Gasteiger partial charge in [0.15, 0.2) is 0 Å². The van der Waals surface area contributed by atoms with Crippen LogP contribution in [0.4, 0.5) is 11.8 Å². The normalized spacial score (nSPS) is 17.6. The van der Waals surface area contributed by atoms with Crippen molar-refractivity contribution >= 4 is 22.7 Å². The molecule has 1 aromatic carbocycles. The van der Waals surface area contributed by atoms with Crippen LogP contribution >= 0.6 is 0 Å². The molecular formula is C18H22N4O. The maximum Gasteiger partial charge on any atom is 0.229 e. The molecule has 5 nitrogen and oxygen atoms in total. The second kappa shape index (κ2) is 6.79. The van der Waals surface area contributed by atoms with Crippen LogP contribution < -0.4 is 10.6 Å². The largest absolute Gasteiger partial charge is 0.395 e. The second-order valence-electron chi connectivity index (χ2n) is 5.95. The monoisotopic (exact) mass is 310 g/mol. The van der Waals surface area contributed by atoms with Crippen molar-refractivity contribution in [3.63, 3.8) is 0 Å². The van der Waals surface area contributed by atoms with Gasteiger partial charge < -0.3 is 15.7 Å². The molecule has 1 aromatic heterocycles. The molecule has 2 aromatic rings. The highest BCUT2D eigenvalue weighted by Crippen LogP contribution is 2.25. The molecule has 23 heavy (non-hydrogen) atoms. The minimum Gasteiger partial charge on any atom is -0.395 e. The van der Waals surface area contributed by atoms with E-state index in [1.165, 1.54) is 5.57 Å². The van der Waals surface area contributed by atoms with E-state index in [-0.39, 0.29) is 6.61 Å². The van der Waals surface area contributed by atoms with E-state index in [2.05, 4.69) is 46.6 Å². The Bertz CT molecular complexity index is 767. The zero-order chi connectivity index (χ0) is 16.2. The fourth-order valence-electron chi connectivity index (χ4n) is 2.91. The Morgan fingerprint density at radius 1 is 1.26 bits per heavy atom. The van der Waals surface area contributed by atoms with Crippen LogP contribution in [0.2, 0.25) is 0 Å². The summed E-state index contributed by atoms with van der Waals surface area (Å²) < 4.78 is 0. The number of nitrogens with one attached hydrogen (secondary N) is 2. The molecule has 0 spiro atoms. The van der Waals surface area contributed by atoms with Crippen molar-refractivity contribution in [3.05, 3.63) is 47.7 Å². The van der Waals surface area contributed by atoms with Crippen molar-refractivity contribution < 1.29 is 5.11 Å². The van der Waals surface area contributed by atoms with Crippen molar-refractivity contribution in [1.29, 1.82) is 0 Å². The average Bonchev–Trinajstić information content (AvgIpc) is 2.51. The molecule has 1 heterocycles. The van der Waals surface area contributed by atoms with Gasteiger partial charge in [-0.25, -0.2) is 4.98 Å². The maximum absolute atomic E-state index is 9.05. The van der Waals surface area contributed by atoms with Gasteiger partial charge in [-0.3, -0.25) is 0 Å². The third-order valence-corrected chi connectivity index (χ3v) is 3.77. The van der Waals surface area contributed by atoms with Crippen LogP contribution in [0.15, 0.2) is 47.7 Å². The SMILES string of the molecule is CC1=CC(C)CC(Nc2nc(NCCO)c3ccccc3n2)=C1. The lowest BCUT2D eigenvalue weighted by Gasteiger charge is -2.18. The zero-order valence-corrected chi connectivity index (χ0v) is 13.5. The topological polar surface area (TPSA) is 70.1 Å². The molecule has 1 aliphatic rings. The summed E-state index contributed by atoms with van der Waals surface area (Å²) in [5, 5.41) is 16.5. The number of hydrogen-bond acceptors (Lipinski definition) is 5. The lowest BCUT2D eigenvalue weighted by atomic mass is 9.96. The molecule has 3 rings (SSSR count). The van der Waals surface area contributed by atoms with E-state index >= 15 is 0 Å². The van der Waals surface area contributed by atoms with Gasteiger partial charge in [-0.15, -0.1) is 0 Å². The summed E-state index contributed by atoms with van der Waals surface area (Å²) in [6.45, 7) is 4.83. The summed E-state index contributed by atoms with van der Waals surface area (Å²) >= 11 is 0. The molecule has 0 saturated carbocycles. The van der Waals surface area contributed by atoms with Crippen LogP contribution in [-0.2, 0) is 0 Å². The van der Waals surface area contributed by atoms with Gasteiger partial charge >= 0.3 is 0 Å². The van der Waals surface area contributed by atoms with Crippen molar-refractivity contribution in [2.75, 3.05) is 23.8 Å². The van der Waals surface area contributed by atoms with Gasteiger partial charge in [0, 0.05) is 17.6 Å². The Kier molecular flexibility index (Phi) is 4.57. The van der Waals surface area contributed by atoms with Gasteiger partial charge in [-0.05, 0) is 37.5 Å². The third kappa shape index (κ3) is 3.68. The number of hydrogen-bond donors (Lipinski definition) is 3. The standard InChI is InChI=1S/C18H22N4O/c1-12-9-13(2)11-14(10-12)20-18-21-16-6-4-3-5-15(16)17(22-18)19-7-8-23/h3-6,9-10,13,23H,7-8,11H2,1-2H3,(H2,19,20,21,22).